The van der Waals surface area contributed by atoms with Gasteiger partial charge in [-0.3, -0.25) is 14.5 Å². The maximum Gasteiger partial charge on any atom is 0.255 e. The minimum absolute atomic E-state index is 0.0361. The highest BCUT2D eigenvalue weighted by atomic mass is 32.2. The number of benzene rings is 3. The molecule has 29 heavy (non-hydrogen) atoms. The number of thioether (sulfide) groups is 1. The summed E-state index contributed by atoms with van der Waals surface area (Å²) in [5, 5.41) is 2.67. The SMILES string of the molecule is Cc1ccccc1N1C(=O)CSC1c1ccccc1NC(=O)c1ccc(F)cc1. The number of aryl methyl sites for hydroxylation is 1. The van der Waals surface area contributed by atoms with Gasteiger partial charge in [0, 0.05) is 22.5 Å². The first kappa shape index (κ1) is 19.2. The molecule has 1 N–H and O–H groups in total. The zero-order valence-corrected chi connectivity index (χ0v) is 16.6. The Hall–Kier alpha value is -3.12. The van der Waals surface area contributed by atoms with Crippen molar-refractivity contribution in [1.29, 1.82) is 0 Å². The molecule has 0 aliphatic carbocycles. The lowest BCUT2D eigenvalue weighted by Gasteiger charge is -2.27. The van der Waals surface area contributed by atoms with Crippen LogP contribution in [0.25, 0.3) is 0 Å². The fourth-order valence-electron chi connectivity index (χ4n) is 3.37. The minimum Gasteiger partial charge on any atom is -0.322 e. The van der Waals surface area contributed by atoms with Gasteiger partial charge in [0.25, 0.3) is 5.91 Å². The zero-order chi connectivity index (χ0) is 20.4. The van der Waals surface area contributed by atoms with Gasteiger partial charge in [0.2, 0.25) is 5.91 Å². The molecule has 3 aromatic carbocycles. The van der Waals surface area contributed by atoms with E-state index in [1.54, 1.807) is 4.90 Å². The van der Waals surface area contributed by atoms with Gasteiger partial charge in [-0.2, -0.15) is 0 Å². The van der Waals surface area contributed by atoms with E-state index in [0.717, 1.165) is 16.8 Å². The van der Waals surface area contributed by atoms with Crippen LogP contribution < -0.4 is 10.2 Å². The van der Waals surface area contributed by atoms with Gasteiger partial charge in [0.15, 0.2) is 0 Å². The zero-order valence-electron chi connectivity index (χ0n) is 15.8. The van der Waals surface area contributed by atoms with Crippen molar-refractivity contribution < 1.29 is 14.0 Å². The Kier molecular flexibility index (Phi) is 5.36. The molecule has 6 heteroatoms. The second kappa shape index (κ2) is 8.09. The van der Waals surface area contributed by atoms with E-state index in [4.69, 9.17) is 0 Å². The van der Waals surface area contributed by atoms with Gasteiger partial charge in [-0.05, 0) is 48.9 Å². The number of para-hydroxylation sites is 2. The highest BCUT2D eigenvalue weighted by Gasteiger charge is 2.36. The number of rotatable bonds is 4. The third kappa shape index (κ3) is 3.89. The average Bonchev–Trinajstić information content (AvgIpc) is 3.10. The van der Waals surface area contributed by atoms with Crippen molar-refractivity contribution in [2.24, 2.45) is 0 Å². The van der Waals surface area contributed by atoms with Crippen molar-refractivity contribution in [2.45, 2.75) is 12.3 Å². The fraction of sp³-hybridized carbons (Fsp3) is 0.130. The van der Waals surface area contributed by atoms with Crippen LogP contribution in [0.2, 0.25) is 0 Å². The summed E-state index contributed by atoms with van der Waals surface area (Å²) in [6.07, 6.45) is 0. The summed E-state index contributed by atoms with van der Waals surface area (Å²) in [6, 6.07) is 20.6. The molecule has 2 amide bonds. The molecule has 1 atom stereocenters. The summed E-state index contributed by atoms with van der Waals surface area (Å²) in [5.74, 6) is -0.306. The molecule has 0 bridgehead atoms. The van der Waals surface area contributed by atoms with Crippen LogP contribution in [0.15, 0.2) is 72.8 Å². The predicted octanol–water partition coefficient (Wildman–Crippen LogP) is 5.17. The topological polar surface area (TPSA) is 49.4 Å². The molecule has 1 aliphatic heterocycles. The smallest absolute Gasteiger partial charge is 0.255 e. The van der Waals surface area contributed by atoms with Crippen LogP contribution in [0.5, 0.6) is 0 Å². The largest absolute Gasteiger partial charge is 0.322 e. The van der Waals surface area contributed by atoms with Crippen molar-refractivity contribution >= 4 is 35.0 Å². The Morgan fingerprint density at radius 2 is 1.72 bits per heavy atom. The number of halogens is 1. The monoisotopic (exact) mass is 406 g/mol. The lowest BCUT2D eigenvalue weighted by atomic mass is 10.1. The molecule has 3 aromatic rings. The molecule has 1 unspecified atom stereocenters. The molecule has 0 spiro atoms. The van der Waals surface area contributed by atoms with E-state index in [1.807, 2.05) is 55.5 Å². The summed E-state index contributed by atoms with van der Waals surface area (Å²) < 4.78 is 13.1. The Morgan fingerprint density at radius 1 is 1.03 bits per heavy atom. The van der Waals surface area contributed by atoms with Crippen molar-refractivity contribution in [3.8, 4) is 0 Å². The molecule has 0 saturated carbocycles. The molecule has 1 fully saturated rings. The molecule has 4 rings (SSSR count). The molecule has 146 valence electrons. The predicted molar refractivity (Wildman–Crippen MR) is 115 cm³/mol. The number of nitrogens with one attached hydrogen (secondary N) is 1. The van der Waals surface area contributed by atoms with E-state index in [-0.39, 0.29) is 17.2 Å². The highest BCUT2D eigenvalue weighted by molar-refractivity contribution is 8.00. The first-order valence-electron chi connectivity index (χ1n) is 9.20. The maximum atomic E-state index is 13.1. The van der Waals surface area contributed by atoms with Crippen molar-refractivity contribution in [2.75, 3.05) is 16.0 Å². The molecule has 0 radical (unpaired) electrons. The quantitative estimate of drug-likeness (QED) is 0.651. The molecule has 0 aromatic heterocycles. The second-order valence-electron chi connectivity index (χ2n) is 6.76. The van der Waals surface area contributed by atoms with E-state index in [0.29, 0.717) is 17.0 Å². The van der Waals surface area contributed by atoms with E-state index < -0.39 is 5.82 Å². The van der Waals surface area contributed by atoms with Gasteiger partial charge in [0.05, 0.1) is 5.75 Å². The van der Waals surface area contributed by atoms with Crippen LogP contribution in [-0.2, 0) is 4.79 Å². The van der Waals surface area contributed by atoms with Crippen LogP contribution in [0.1, 0.15) is 26.9 Å². The van der Waals surface area contributed by atoms with Gasteiger partial charge in [-0.15, -0.1) is 11.8 Å². The summed E-state index contributed by atoms with van der Waals surface area (Å²) in [6.45, 7) is 1.98. The second-order valence-corrected chi connectivity index (χ2v) is 7.83. The Balaban J connectivity index is 1.67. The maximum absolute atomic E-state index is 13.1. The third-order valence-corrected chi connectivity index (χ3v) is 6.02. The van der Waals surface area contributed by atoms with Gasteiger partial charge in [-0.1, -0.05) is 36.4 Å². The van der Waals surface area contributed by atoms with Crippen molar-refractivity contribution in [3.63, 3.8) is 0 Å². The van der Waals surface area contributed by atoms with Crippen LogP contribution in [-0.4, -0.2) is 17.6 Å². The number of hydrogen-bond donors (Lipinski definition) is 1. The molecule has 4 nitrogen and oxygen atoms in total. The number of carbonyl (C=O) groups excluding carboxylic acids is 2. The van der Waals surface area contributed by atoms with Gasteiger partial charge < -0.3 is 5.32 Å². The van der Waals surface area contributed by atoms with E-state index in [2.05, 4.69) is 5.32 Å². The normalized spacial score (nSPS) is 16.1. The van der Waals surface area contributed by atoms with Gasteiger partial charge in [0.1, 0.15) is 11.2 Å². The minimum atomic E-state index is -0.392. The molecule has 1 saturated heterocycles. The van der Waals surface area contributed by atoms with Gasteiger partial charge in [-0.25, -0.2) is 4.39 Å². The third-order valence-electron chi connectivity index (χ3n) is 4.82. The lowest BCUT2D eigenvalue weighted by molar-refractivity contribution is -0.115. The molecular formula is C23H19FN2O2S. The van der Waals surface area contributed by atoms with E-state index in [9.17, 15) is 14.0 Å². The summed E-state index contributed by atoms with van der Waals surface area (Å²) >= 11 is 1.53. The van der Waals surface area contributed by atoms with Crippen LogP contribution in [0, 0.1) is 12.7 Å². The Bertz CT molecular complexity index is 1070. The Morgan fingerprint density at radius 3 is 2.48 bits per heavy atom. The summed E-state index contributed by atoms with van der Waals surface area (Å²) in [7, 11) is 0. The average molecular weight is 406 g/mol. The standard InChI is InChI=1S/C23H19FN2O2S/c1-15-6-2-5-9-20(15)26-21(27)14-29-23(26)18-7-3-4-8-19(18)25-22(28)16-10-12-17(24)13-11-16/h2-13,23H,14H2,1H3,(H,25,28). The van der Waals surface area contributed by atoms with Crippen molar-refractivity contribution in [3.05, 3.63) is 95.3 Å². The number of anilines is 2. The Labute approximate surface area is 172 Å². The van der Waals surface area contributed by atoms with Crippen LogP contribution >= 0.6 is 11.8 Å². The highest BCUT2D eigenvalue weighted by Crippen LogP contribution is 2.44. The van der Waals surface area contributed by atoms with Gasteiger partial charge >= 0.3 is 0 Å². The van der Waals surface area contributed by atoms with E-state index in [1.165, 1.54) is 36.0 Å². The molecular weight excluding hydrogens is 387 g/mol. The van der Waals surface area contributed by atoms with Crippen LogP contribution in [0.4, 0.5) is 15.8 Å². The summed E-state index contributed by atoms with van der Waals surface area (Å²) in [4.78, 5) is 27.1. The lowest BCUT2D eigenvalue weighted by Crippen LogP contribution is -2.29. The first-order chi connectivity index (χ1) is 14.0. The fourth-order valence-corrected chi connectivity index (χ4v) is 4.58. The number of hydrogen-bond acceptors (Lipinski definition) is 3. The number of nitrogens with zero attached hydrogens (tertiary/aromatic N) is 1. The first-order valence-corrected chi connectivity index (χ1v) is 10.2. The number of amides is 2. The molecule has 1 heterocycles. The van der Waals surface area contributed by atoms with Crippen molar-refractivity contribution in [1.82, 2.24) is 0 Å². The molecule has 1 aliphatic rings. The van der Waals surface area contributed by atoms with Crippen LogP contribution in [0.3, 0.4) is 0 Å². The summed E-state index contributed by atoms with van der Waals surface area (Å²) in [5.41, 5.74) is 3.73. The van der Waals surface area contributed by atoms with E-state index >= 15 is 0 Å². The number of carbonyl (C=O) groups is 2.